The molecule has 90 valence electrons. The van der Waals surface area contributed by atoms with Gasteiger partial charge in [-0.2, -0.15) is 0 Å². The zero-order chi connectivity index (χ0) is 12.8. The van der Waals surface area contributed by atoms with Gasteiger partial charge in [-0.05, 0) is 23.8 Å². The molecule has 0 saturated heterocycles. The van der Waals surface area contributed by atoms with E-state index in [1.165, 1.54) is 6.92 Å². The van der Waals surface area contributed by atoms with E-state index in [2.05, 4.69) is 4.98 Å². The first-order valence-corrected chi connectivity index (χ1v) is 5.62. The largest absolute Gasteiger partial charge is 0.407 e. The number of benzene rings is 1. The van der Waals surface area contributed by atoms with Crippen molar-refractivity contribution >= 4 is 18.1 Å². The standard InChI is InChI=1S/C15H13NO2/c1-12(17)18-15-14(8-5-11-16-15)10-9-13-6-3-2-4-7-13/h2-11H,1H3. The van der Waals surface area contributed by atoms with Gasteiger partial charge in [0, 0.05) is 18.7 Å². The maximum atomic E-state index is 11.0. The number of rotatable bonds is 3. The van der Waals surface area contributed by atoms with Crippen LogP contribution in [0, 0.1) is 0 Å². The molecule has 0 N–H and O–H groups in total. The van der Waals surface area contributed by atoms with Crippen molar-refractivity contribution < 1.29 is 9.53 Å². The fourth-order valence-corrected chi connectivity index (χ4v) is 1.50. The summed E-state index contributed by atoms with van der Waals surface area (Å²) in [7, 11) is 0. The Morgan fingerprint density at radius 1 is 1.11 bits per heavy atom. The van der Waals surface area contributed by atoms with Gasteiger partial charge in [-0.1, -0.05) is 36.4 Å². The van der Waals surface area contributed by atoms with Gasteiger partial charge in [0.25, 0.3) is 0 Å². The molecule has 2 rings (SSSR count). The molecule has 0 fully saturated rings. The van der Waals surface area contributed by atoms with Crippen molar-refractivity contribution in [2.75, 3.05) is 0 Å². The van der Waals surface area contributed by atoms with Crippen LogP contribution < -0.4 is 4.74 Å². The quantitative estimate of drug-likeness (QED) is 0.772. The highest BCUT2D eigenvalue weighted by Gasteiger charge is 2.03. The molecule has 18 heavy (non-hydrogen) atoms. The van der Waals surface area contributed by atoms with Crippen LogP contribution in [0.25, 0.3) is 12.2 Å². The summed E-state index contributed by atoms with van der Waals surface area (Å²) in [6, 6.07) is 13.6. The maximum absolute atomic E-state index is 11.0. The molecule has 0 spiro atoms. The highest BCUT2D eigenvalue weighted by molar-refractivity contribution is 5.75. The Balaban J connectivity index is 2.23. The minimum atomic E-state index is -0.372. The number of hydrogen-bond donors (Lipinski definition) is 0. The van der Waals surface area contributed by atoms with Crippen LogP contribution in [-0.2, 0) is 4.79 Å². The van der Waals surface area contributed by atoms with E-state index in [1.807, 2.05) is 48.6 Å². The third-order valence-corrected chi connectivity index (χ3v) is 2.30. The lowest BCUT2D eigenvalue weighted by Gasteiger charge is -2.03. The van der Waals surface area contributed by atoms with Gasteiger partial charge in [-0.3, -0.25) is 4.79 Å². The predicted octanol–water partition coefficient (Wildman–Crippen LogP) is 3.18. The molecule has 0 aliphatic heterocycles. The Bertz CT molecular complexity index is 562. The molecule has 3 heteroatoms. The first kappa shape index (κ1) is 12.0. The highest BCUT2D eigenvalue weighted by Crippen LogP contribution is 2.17. The second-order valence-electron chi connectivity index (χ2n) is 3.74. The minimum Gasteiger partial charge on any atom is -0.407 e. The minimum absolute atomic E-state index is 0.331. The molecule has 1 heterocycles. The van der Waals surface area contributed by atoms with E-state index in [1.54, 1.807) is 12.3 Å². The lowest BCUT2D eigenvalue weighted by atomic mass is 10.1. The van der Waals surface area contributed by atoms with Gasteiger partial charge in [0.1, 0.15) is 0 Å². The molecule has 0 bridgehead atoms. The Morgan fingerprint density at radius 3 is 2.61 bits per heavy atom. The highest BCUT2D eigenvalue weighted by atomic mass is 16.5. The summed E-state index contributed by atoms with van der Waals surface area (Å²) in [4.78, 5) is 15.0. The second-order valence-corrected chi connectivity index (χ2v) is 3.74. The first-order valence-electron chi connectivity index (χ1n) is 5.62. The van der Waals surface area contributed by atoms with Gasteiger partial charge >= 0.3 is 5.97 Å². The number of hydrogen-bond acceptors (Lipinski definition) is 3. The van der Waals surface area contributed by atoms with Gasteiger partial charge in [-0.25, -0.2) is 4.98 Å². The molecule has 0 atom stereocenters. The lowest BCUT2D eigenvalue weighted by Crippen LogP contribution is -2.04. The van der Waals surface area contributed by atoms with E-state index in [4.69, 9.17) is 4.74 Å². The molecular formula is C15H13NO2. The fourth-order valence-electron chi connectivity index (χ4n) is 1.50. The van der Waals surface area contributed by atoms with Crippen molar-refractivity contribution in [3.63, 3.8) is 0 Å². The number of nitrogens with zero attached hydrogens (tertiary/aromatic N) is 1. The third kappa shape index (κ3) is 3.28. The van der Waals surface area contributed by atoms with Gasteiger partial charge in [-0.15, -0.1) is 0 Å². The summed E-state index contributed by atoms with van der Waals surface area (Å²) >= 11 is 0. The van der Waals surface area contributed by atoms with Crippen LogP contribution in [0.15, 0.2) is 48.7 Å². The lowest BCUT2D eigenvalue weighted by molar-refractivity contribution is -0.132. The van der Waals surface area contributed by atoms with Gasteiger partial charge in [0.15, 0.2) is 0 Å². The van der Waals surface area contributed by atoms with Crippen molar-refractivity contribution in [1.29, 1.82) is 0 Å². The predicted molar refractivity (Wildman–Crippen MR) is 70.9 cm³/mol. The molecule has 0 radical (unpaired) electrons. The van der Waals surface area contributed by atoms with Crippen molar-refractivity contribution in [2.45, 2.75) is 6.92 Å². The average Bonchev–Trinajstić information content (AvgIpc) is 2.38. The maximum Gasteiger partial charge on any atom is 0.309 e. The Morgan fingerprint density at radius 2 is 1.89 bits per heavy atom. The summed E-state index contributed by atoms with van der Waals surface area (Å²) in [5, 5.41) is 0. The zero-order valence-electron chi connectivity index (χ0n) is 10.0. The summed E-state index contributed by atoms with van der Waals surface area (Å²) in [5.74, 6) is -0.0414. The van der Waals surface area contributed by atoms with E-state index < -0.39 is 0 Å². The molecule has 0 aliphatic carbocycles. The van der Waals surface area contributed by atoms with Crippen LogP contribution in [0.1, 0.15) is 18.1 Å². The number of ether oxygens (including phenoxy) is 1. The Hall–Kier alpha value is -2.42. The third-order valence-electron chi connectivity index (χ3n) is 2.30. The number of pyridine rings is 1. The van der Waals surface area contributed by atoms with Crippen molar-refractivity contribution in [3.8, 4) is 5.88 Å². The zero-order valence-corrected chi connectivity index (χ0v) is 10.0. The van der Waals surface area contributed by atoms with Crippen LogP contribution >= 0.6 is 0 Å². The molecule has 0 aliphatic rings. The Labute approximate surface area is 106 Å². The van der Waals surface area contributed by atoms with E-state index in [0.29, 0.717) is 5.88 Å². The van der Waals surface area contributed by atoms with Crippen LogP contribution in [0.5, 0.6) is 5.88 Å². The number of carbonyl (C=O) groups is 1. The number of esters is 1. The number of carbonyl (C=O) groups excluding carboxylic acids is 1. The summed E-state index contributed by atoms with van der Waals surface area (Å²) in [5.41, 5.74) is 1.85. The fraction of sp³-hybridized carbons (Fsp3) is 0.0667. The summed E-state index contributed by atoms with van der Waals surface area (Å²) in [6.07, 6.45) is 5.42. The van der Waals surface area contributed by atoms with Gasteiger partial charge < -0.3 is 4.74 Å². The van der Waals surface area contributed by atoms with Crippen LogP contribution in [0.4, 0.5) is 0 Å². The molecule has 2 aromatic rings. The van der Waals surface area contributed by atoms with E-state index in [9.17, 15) is 4.79 Å². The van der Waals surface area contributed by atoms with Gasteiger partial charge in [0.05, 0.1) is 0 Å². The first-order chi connectivity index (χ1) is 8.75. The van der Waals surface area contributed by atoms with E-state index in [0.717, 1.165) is 11.1 Å². The van der Waals surface area contributed by atoms with Crippen LogP contribution in [-0.4, -0.2) is 11.0 Å². The monoisotopic (exact) mass is 239 g/mol. The molecule has 0 amide bonds. The Kier molecular flexibility index (Phi) is 3.86. The van der Waals surface area contributed by atoms with Crippen LogP contribution in [0.2, 0.25) is 0 Å². The van der Waals surface area contributed by atoms with E-state index >= 15 is 0 Å². The van der Waals surface area contributed by atoms with Crippen molar-refractivity contribution in [2.24, 2.45) is 0 Å². The smallest absolute Gasteiger partial charge is 0.309 e. The second kappa shape index (κ2) is 5.77. The average molecular weight is 239 g/mol. The molecule has 1 aromatic heterocycles. The summed E-state index contributed by atoms with van der Waals surface area (Å²) < 4.78 is 5.03. The molecule has 1 aromatic carbocycles. The molecule has 0 unspecified atom stereocenters. The van der Waals surface area contributed by atoms with Gasteiger partial charge in [0.2, 0.25) is 5.88 Å². The van der Waals surface area contributed by atoms with Crippen molar-refractivity contribution in [1.82, 2.24) is 4.98 Å². The number of aromatic nitrogens is 1. The normalized spacial score (nSPS) is 10.5. The SMILES string of the molecule is CC(=O)Oc1ncccc1C=Cc1ccccc1. The molecule has 0 saturated carbocycles. The van der Waals surface area contributed by atoms with Crippen LogP contribution in [0.3, 0.4) is 0 Å². The van der Waals surface area contributed by atoms with Crippen molar-refractivity contribution in [3.05, 3.63) is 59.8 Å². The molecule has 3 nitrogen and oxygen atoms in total. The topological polar surface area (TPSA) is 39.2 Å². The molecular weight excluding hydrogens is 226 g/mol. The summed E-state index contributed by atoms with van der Waals surface area (Å²) in [6.45, 7) is 1.36. The van der Waals surface area contributed by atoms with E-state index in [-0.39, 0.29) is 5.97 Å².